The highest BCUT2D eigenvalue weighted by atomic mass is 35.5. The van der Waals surface area contributed by atoms with Gasteiger partial charge in [-0.2, -0.15) is 10.4 Å². The molecule has 2 aromatic carbocycles. The van der Waals surface area contributed by atoms with Crippen molar-refractivity contribution in [3.05, 3.63) is 63.6 Å². The first kappa shape index (κ1) is 19.8. The van der Waals surface area contributed by atoms with Crippen LogP contribution in [0.5, 0.6) is 0 Å². The van der Waals surface area contributed by atoms with Crippen molar-refractivity contribution in [1.29, 1.82) is 5.26 Å². The van der Waals surface area contributed by atoms with E-state index in [4.69, 9.17) is 28.5 Å². The summed E-state index contributed by atoms with van der Waals surface area (Å²) < 4.78 is 0. The summed E-state index contributed by atoms with van der Waals surface area (Å²) in [4.78, 5) is 24.2. The first-order valence-corrected chi connectivity index (χ1v) is 8.92. The van der Waals surface area contributed by atoms with Crippen LogP contribution in [0, 0.1) is 11.3 Å². The van der Waals surface area contributed by atoms with Crippen molar-refractivity contribution in [2.24, 2.45) is 5.10 Å². The second-order valence-corrected chi connectivity index (χ2v) is 6.94. The summed E-state index contributed by atoms with van der Waals surface area (Å²) in [6, 6.07) is 13.4. The summed E-state index contributed by atoms with van der Waals surface area (Å²) in [5.41, 5.74) is 1.61. The van der Waals surface area contributed by atoms with Crippen LogP contribution in [0.1, 0.15) is 24.0 Å². The van der Waals surface area contributed by atoms with E-state index in [2.05, 4.69) is 15.8 Å². The van der Waals surface area contributed by atoms with Gasteiger partial charge in [0, 0.05) is 17.0 Å². The quantitative estimate of drug-likeness (QED) is 0.513. The van der Waals surface area contributed by atoms with Crippen molar-refractivity contribution >= 4 is 46.4 Å². The summed E-state index contributed by atoms with van der Waals surface area (Å²) in [6.07, 6.45) is -0.621. The molecule has 1 aliphatic heterocycles. The van der Waals surface area contributed by atoms with E-state index < -0.39 is 17.4 Å². The fourth-order valence-electron chi connectivity index (χ4n) is 2.86. The van der Waals surface area contributed by atoms with Gasteiger partial charge in [0.15, 0.2) is 5.60 Å². The van der Waals surface area contributed by atoms with E-state index in [0.29, 0.717) is 5.56 Å². The maximum Gasteiger partial charge on any atom is 0.261 e. The highest BCUT2D eigenvalue weighted by molar-refractivity contribution is 6.37. The number of anilines is 1. The van der Waals surface area contributed by atoms with E-state index in [-0.39, 0.29) is 39.8 Å². The second-order valence-electron chi connectivity index (χ2n) is 6.10. The van der Waals surface area contributed by atoms with Crippen molar-refractivity contribution in [1.82, 2.24) is 5.43 Å². The van der Waals surface area contributed by atoms with Crippen LogP contribution in [0.3, 0.4) is 0 Å². The van der Waals surface area contributed by atoms with Gasteiger partial charge < -0.3 is 10.4 Å². The fourth-order valence-corrected chi connectivity index (χ4v) is 3.40. The zero-order valence-electron chi connectivity index (χ0n) is 14.4. The molecule has 0 bridgehead atoms. The van der Waals surface area contributed by atoms with E-state index in [1.54, 1.807) is 36.4 Å². The molecule has 9 heteroatoms. The summed E-state index contributed by atoms with van der Waals surface area (Å²) in [5, 5.41) is 26.9. The second kappa shape index (κ2) is 7.98. The SMILES string of the molecule is N#CCC(=O)N/N=C(/C[C@@]1(O)C(=O)Nc2c(Cl)cc(Cl)cc21)c1ccccc1. The predicted octanol–water partition coefficient (Wildman–Crippen LogP) is 2.96. The molecule has 1 atom stereocenters. The third-order valence-corrected chi connectivity index (χ3v) is 4.72. The van der Waals surface area contributed by atoms with Gasteiger partial charge in [-0.1, -0.05) is 53.5 Å². The normalized spacial score (nSPS) is 18.2. The van der Waals surface area contributed by atoms with Crippen LogP contribution in [-0.4, -0.2) is 22.6 Å². The molecule has 0 aliphatic carbocycles. The Morgan fingerprint density at radius 2 is 2.00 bits per heavy atom. The van der Waals surface area contributed by atoms with Crippen molar-refractivity contribution < 1.29 is 14.7 Å². The monoisotopic (exact) mass is 416 g/mol. The van der Waals surface area contributed by atoms with Gasteiger partial charge in [-0.25, -0.2) is 5.43 Å². The molecule has 1 aliphatic rings. The molecule has 2 amide bonds. The number of amides is 2. The first-order chi connectivity index (χ1) is 13.3. The molecule has 0 unspecified atom stereocenters. The molecule has 3 rings (SSSR count). The molecule has 2 aromatic rings. The standard InChI is InChI=1S/C19H14Cl2N4O3/c20-12-8-13-17(14(21)9-12)23-18(27)19(13,28)10-15(11-4-2-1-3-5-11)24-25-16(26)6-7-22/h1-5,8-9,28H,6,10H2,(H,23,27)(H,25,26)/b24-15-/t19-/m0/s1. The smallest absolute Gasteiger partial charge is 0.261 e. The van der Waals surface area contributed by atoms with Crippen LogP contribution in [0.25, 0.3) is 0 Å². The topological polar surface area (TPSA) is 115 Å². The van der Waals surface area contributed by atoms with Crippen LogP contribution in [0.15, 0.2) is 47.6 Å². The number of aliphatic hydroxyl groups is 1. The molecular weight excluding hydrogens is 403 g/mol. The number of halogens is 2. The number of nitrogens with zero attached hydrogens (tertiary/aromatic N) is 2. The van der Waals surface area contributed by atoms with Crippen LogP contribution in [-0.2, 0) is 15.2 Å². The highest BCUT2D eigenvalue weighted by Gasteiger charge is 2.47. The predicted molar refractivity (Wildman–Crippen MR) is 105 cm³/mol. The average molecular weight is 417 g/mol. The van der Waals surface area contributed by atoms with Crippen LogP contribution in [0.4, 0.5) is 5.69 Å². The minimum atomic E-state index is -1.99. The summed E-state index contributed by atoms with van der Waals surface area (Å²) in [6.45, 7) is 0. The Morgan fingerprint density at radius 1 is 1.29 bits per heavy atom. The fraction of sp³-hybridized carbons (Fsp3) is 0.158. The van der Waals surface area contributed by atoms with E-state index in [1.165, 1.54) is 12.1 Å². The Bertz CT molecular complexity index is 1020. The lowest BCUT2D eigenvalue weighted by molar-refractivity contribution is -0.132. The molecule has 1 heterocycles. The molecule has 7 nitrogen and oxygen atoms in total. The van der Waals surface area contributed by atoms with Crippen molar-refractivity contribution in [3.63, 3.8) is 0 Å². The lowest BCUT2D eigenvalue weighted by Crippen LogP contribution is -2.37. The molecule has 0 saturated heterocycles. The minimum absolute atomic E-state index is 0.201. The lowest BCUT2D eigenvalue weighted by Gasteiger charge is -2.22. The van der Waals surface area contributed by atoms with Crippen molar-refractivity contribution in [3.8, 4) is 6.07 Å². The van der Waals surface area contributed by atoms with Crippen molar-refractivity contribution in [2.75, 3.05) is 5.32 Å². The zero-order chi connectivity index (χ0) is 20.3. The average Bonchev–Trinajstić information content (AvgIpc) is 2.91. The van der Waals surface area contributed by atoms with Gasteiger partial charge in [-0.15, -0.1) is 0 Å². The minimum Gasteiger partial charge on any atom is -0.375 e. The zero-order valence-corrected chi connectivity index (χ0v) is 15.9. The van der Waals surface area contributed by atoms with Crippen molar-refractivity contribution in [2.45, 2.75) is 18.4 Å². The Kier molecular flexibility index (Phi) is 5.66. The molecule has 28 heavy (non-hydrogen) atoms. The van der Waals surface area contributed by atoms with Crippen LogP contribution < -0.4 is 10.7 Å². The molecule has 0 aromatic heterocycles. The van der Waals surface area contributed by atoms with Crippen LogP contribution >= 0.6 is 23.2 Å². The molecule has 3 N–H and O–H groups in total. The number of fused-ring (bicyclic) bond motifs is 1. The van der Waals surface area contributed by atoms with E-state index in [9.17, 15) is 14.7 Å². The number of nitriles is 1. The largest absolute Gasteiger partial charge is 0.375 e. The highest BCUT2D eigenvalue weighted by Crippen LogP contribution is 2.44. The third-order valence-electron chi connectivity index (χ3n) is 4.20. The van der Waals surface area contributed by atoms with E-state index in [1.807, 2.05) is 0 Å². The van der Waals surface area contributed by atoms with Gasteiger partial charge in [-0.3, -0.25) is 9.59 Å². The molecule has 142 valence electrons. The number of nitrogens with one attached hydrogen (secondary N) is 2. The van der Waals surface area contributed by atoms with Gasteiger partial charge in [0.25, 0.3) is 11.8 Å². The van der Waals surface area contributed by atoms with Gasteiger partial charge in [0.05, 0.1) is 22.5 Å². The summed E-state index contributed by atoms with van der Waals surface area (Å²) >= 11 is 12.2. The van der Waals surface area contributed by atoms with Gasteiger partial charge in [0.1, 0.15) is 6.42 Å². The number of rotatable bonds is 5. The number of hydrazone groups is 1. The van der Waals surface area contributed by atoms with Gasteiger partial charge in [0.2, 0.25) is 0 Å². The molecule has 0 fully saturated rings. The number of hydrogen-bond donors (Lipinski definition) is 3. The van der Waals surface area contributed by atoms with E-state index in [0.717, 1.165) is 0 Å². The van der Waals surface area contributed by atoms with Gasteiger partial charge in [-0.05, 0) is 17.7 Å². The Labute approximate surface area is 170 Å². The summed E-state index contributed by atoms with van der Waals surface area (Å²) in [7, 11) is 0. The Hall–Kier alpha value is -2.92. The van der Waals surface area contributed by atoms with Gasteiger partial charge >= 0.3 is 0 Å². The number of benzene rings is 2. The number of carbonyl (C=O) groups is 2. The molecule has 0 saturated carbocycles. The number of carbonyl (C=O) groups excluding carboxylic acids is 2. The Balaban J connectivity index is 2.02. The van der Waals surface area contributed by atoms with Crippen LogP contribution in [0.2, 0.25) is 10.0 Å². The molecule has 0 spiro atoms. The molecule has 0 radical (unpaired) electrons. The third kappa shape index (κ3) is 3.85. The number of hydrogen-bond acceptors (Lipinski definition) is 5. The first-order valence-electron chi connectivity index (χ1n) is 8.16. The maximum absolute atomic E-state index is 12.6. The summed E-state index contributed by atoms with van der Waals surface area (Å²) in [5.74, 6) is -1.29. The molecular formula is C19H14Cl2N4O3. The maximum atomic E-state index is 12.6. The Morgan fingerprint density at radius 3 is 2.68 bits per heavy atom. The van der Waals surface area contributed by atoms with E-state index >= 15 is 0 Å². The lowest BCUT2D eigenvalue weighted by atomic mass is 9.87.